The van der Waals surface area contributed by atoms with Gasteiger partial charge in [-0.15, -0.1) is 0 Å². The number of ether oxygens (including phenoxy) is 19. The average molecular weight is 1290 g/mol. The molecule has 1 saturated heterocycles. The van der Waals surface area contributed by atoms with E-state index >= 15 is 0 Å². The van der Waals surface area contributed by atoms with E-state index in [0.29, 0.717) is 275 Å². The van der Waals surface area contributed by atoms with Crippen molar-refractivity contribution >= 4 is 22.7 Å². The van der Waals surface area contributed by atoms with Crippen molar-refractivity contribution in [1.29, 1.82) is 0 Å². The lowest BCUT2D eigenvalue weighted by Gasteiger charge is -2.24. The lowest BCUT2D eigenvalue weighted by molar-refractivity contribution is -0.385. The predicted octanol–water partition coefficient (Wildman–Crippen LogP) is 1.09. The SMILES string of the molecule is C1CO1.O=[N+]([O-])c1cccc(N(CCO)CCO)c1.O=[N+]([O-])c1cccc(N(CCOCCOCCOCCOCCOCCOCCOCCOCCOCCO)CCOCCOCCOCCOCCOCCOCCOCCOCCOCCO)c1. The molecule has 0 amide bonds. The second-order valence-corrected chi connectivity index (χ2v) is 18.1. The van der Waals surface area contributed by atoms with E-state index < -0.39 is 9.85 Å². The second-order valence-electron chi connectivity index (χ2n) is 18.1. The van der Waals surface area contributed by atoms with E-state index in [4.69, 9.17) is 106 Å². The first kappa shape index (κ1) is 82.9. The van der Waals surface area contributed by atoms with Crippen LogP contribution in [0.25, 0.3) is 0 Å². The fourth-order valence-electron chi connectivity index (χ4n) is 6.79. The quantitative estimate of drug-likeness (QED) is 0.0312. The van der Waals surface area contributed by atoms with Gasteiger partial charge in [0, 0.05) is 61.8 Å². The standard InChI is InChI=1S/C46H86N2O22.C10H14N2O4.C2H4O/c49-6-10-55-14-18-59-22-26-63-30-34-67-38-42-69-40-36-65-32-28-61-24-20-57-16-12-53-8-4-47(45-2-1-3-46(44-45)48(51)52)5-9-54-13-17-58-21-25-62-29-33-66-37-41-70-43-39-68-35-31-64-27-23-60-19-15-56-11-7-50;13-6-4-11(5-7-14)9-2-1-3-10(8-9)12(15)16;1-2-3-1/h1-3,44,49-50H,4-43H2;1-3,8,13-14H,4-7H2;1-2H2. The molecule has 89 heavy (non-hydrogen) atoms. The molecule has 0 atom stereocenters. The topological polar surface area (TPSA) is 352 Å². The number of hydrogen-bond acceptors (Lipinski definition) is 29. The van der Waals surface area contributed by atoms with Gasteiger partial charge in [0.1, 0.15) is 0 Å². The Balaban J connectivity index is 0.00000175. The summed E-state index contributed by atoms with van der Waals surface area (Å²) >= 11 is 0. The number of aliphatic hydroxyl groups is 4. The zero-order valence-corrected chi connectivity index (χ0v) is 52.1. The molecule has 31 nitrogen and oxygen atoms in total. The summed E-state index contributed by atoms with van der Waals surface area (Å²) in [5, 5.41) is 56.9. The third-order valence-corrected chi connectivity index (χ3v) is 11.2. The highest BCUT2D eigenvalue weighted by Crippen LogP contribution is 2.22. The monoisotopic (exact) mass is 1290 g/mol. The summed E-state index contributed by atoms with van der Waals surface area (Å²) in [4.78, 5) is 24.8. The van der Waals surface area contributed by atoms with Gasteiger partial charge in [0.2, 0.25) is 0 Å². The molecule has 1 heterocycles. The molecular weight excluding hydrogens is 1180 g/mol. The largest absolute Gasteiger partial charge is 0.395 e. The van der Waals surface area contributed by atoms with Crippen molar-refractivity contribution in [3.05, 3.63) is 68.8 Å². The van der Waals surface area contributed by atoms with E-state index in [2.05, 4.69) is 4.74 Å². The van der Waals surface area contributed by atoms with Crippen LogP contribution >= 0.6 is 0 Å². The molecule has 0 aromatic heterocycles. The number of nitrogens with zero attached hydrogens (tertiary/aromatic N) is 4. The molecule has 1 aliphatic rings. The van der Waals surface area contributed by atoms with Crippen LogP contribution in [0.15, 0.2) is 48.5 Å². The van der Waals surface area contributed by atoms with Crippen LogP contribution in [0.1, 0.15) is 0 Å². The van der Waals surface area contributed by atoms with Gasteiger partial charge in [-0.3, -0.25) is 20.2 Å². The van der Waals surface area contributed by atoms with Gasteiger partial charge in [-0.1, -0.05) is 12.1 Å². The van der Waals surface area contributed by atoms with Crippen LogP contribution in [-0.4, -0.2) is 334 Å². The van der Waals surface area contributed by atoms with Gasteiger partial charge in [0.15, 0.2) is 0 Å². The Bertz CT molecular complexity index is 1760. The molecule has 0 spiro atoms. The fraction of sp³-hybridized carbons (Fsp3) is 0.793. The number of hydrogen-bond donors (Lipinski definition) is 4. The molecule has 1 aliphatic heterocycles. The number of aliphatic hydroxyl groups excluding tert-OH is 4. The number of non-ortho nitro benzene ring substituents is 2. The molecule has 0 radical (unpaired) electrons. The smallest absolute Gasteiger partial charge is 0.271 e. The Morgan fingerprint density at radius 1 is 0.303 bits per heavy atom. The Hall–Kier alpha value is -4.08. The van der Waals surface area contributed by atoms with Gasteiger partial charge in [0.05, 0.1) is 287 Å². The van der Waals surface area contributed by atoms with Gasteiger partial charge < -0.3 is 120 Å². The van der Waals surface area contributed by atoms with Crippen LogP contribution < -0.4 is 9.80 Å². The lowest BCUT2D eigenvalue weighted by Crippen LogP contribution is -2.31. The van der Waals surface area contributed by atoms with Crippen molar-refractivity contribution in [2.75, 3.05) is 313 Å². The normalized spacial score (nSPS) is 11.7. The van der Waals surface area contributed by atoms with Crippen LogP contribution in [0.2, 0.25) is 0 Å². The number of nitro benzene ring substituents is 2. The van der Waals surface area contributed by atoms with Crippen molar-refractivity contribution in [3.8, 4) is 0 Å². The van der Waals surface area contributed by atoms with E-state index in [1.54, 1.807) is 29.2 Å². The fourth-order valence-corrected chi connectivity index (χ4v) is 6.79. The van der Waals surface area contributed by atoms with Gasteiger partial charge in [-0.2, -0.15) is 0 Å². The third kappa shape index (κ3) is 57.6. The van der Waals surface area contributed by atoms with E-state index in [0.717, 1.165) is 13.2 Å². The Labute approximate surface area is 523 Å². The van der Waals surface area contributed by atoms with E-state index in [-0.39, 0.29) is 37.8 Å². The summed E-state index contributed by atoms with van der Waals surface area (Å²) in [6, 6.07) is 12.6. The van der Waals surface area contributed by atoms with Crippen molar-refractivity contribution < 1.29 is 120 Å². The van der Waals surface area contributed by atoms with Crippen LogP contribution in [-0.2, 0) is 90.0 Å². The molecule has 31 heteroatoms. The number of benzene rings is 2. The summed E-state index contributed by atoms with van der Waals surface area (Å²) in [6.45, 7) is 19.5. The van der Waals surface area contributed by atoms with Crippen LogP contribution in [0.5, 0.6) is 0 Å². The number of nitro groups is 2. The molecule has 0 aliphatic carbocycles. The van der Waals surface area contributed by atoms with Crippen LogP contribution in [0.3, 0.4) is 0 Å². The van der Waals surface area contributed by atoms with Gasteiger partial charge in [-0.05, 0) is 12.1 Å². The Morgan fingerprint density at radius 2 is 0.494 bits per heavy atom. The summed E-state index contributed by atoms with van der Waals surface area (Å²) in [5.74, 6) is 0. The van der Waals surface area contributed by atoms with Crippen molar-refractivity contribution in [3.63, 3.8) is 0 Å². The molecule has 0 bridgehead atoms. The van der Waals surface area contributed by atoms with Gasteiger partial charge in [0.25, 0.3) is 11.4 Å². The lowest BCUT2D eigenvalue weighted by atomic mass is 10.2. The maximum atomic E-state index is 11.4. The van der Waals surface area contributed by atoms with Crippen molar-refractivity contribution in [1.82, 2.24) is 0 Å². The zero-order chi connectivity index (χ0) is 64.2. The molecule has 3 rings (SSSR count). The first-order valence-corrected chi connectivity index (χ1v) is 30.3. The van der Waals surface area contributed by atoms with Gasteiger partial charge in [-0.25, -0.2) is 0 Å². The minimum absolute atomic E-state index is 0.00150. The maximum absolute atomic E-state index is 11.4. The van der Waals surface area contributed by atoms with Gasteiger partial charge >= 0.3 is 0 Å². The molecule has 4 N–H and O–H groups in total. The molecule has 2 aromatic carbocycles. The minimum Gasteiger partial charge on any atom is -0.395 e. The first-order chi connectivity index (χ1) is 43.9. The Morgan fingerprint density at radius 3 is 0.674 bits per heavy atom. The molecule has 0 unspecified atom stereocenters. The highest BCUT2D eigenvalue weighted by Gasteiger charge is 2.13. The minimum atomic E-state index is -0.473. The highest BCUT2D eigenvalue weighted by molar-refractivity contribution is 5.54. The summed E-state index contributed by atoms with van der Waals surface area (Å²) in [7, 11) is 0. The number of epoxide rings is 1. The predicted molar refractivity (Wildman–Crippen MR) is 325 cm³/mol. The zero-order valence-electron chi connectivity index (χ0n) is 52.1. The average Bonchev–Trinajstić information content (AvgIpc) is 4.57. The van der Waals surface area contributed by atoms with Crippen molar-refractivity contribution in [2.24, 2.45) is 0 Å². The third-order valence-electron chi connectivity index (χ3n) is 11.2. The molecule has 0 saturated carbocycles. The number of rotatable bonds is 66. The summed E-state index contributed by atoms with van der Waals surface area (Å²) < 4.78 is 103. The van der Waals surface area contributed by atoms with E-state index in [9.17, 15) is 20.2 Å². The molecule has 518 valence electrons. The van der Waals surface area contributed by atoms with Crippen LogP contribution in [0, 0.1) is 20.2 Å². The molecule has 1 fully saturated rings. The maximum Gasteiger partial charge on any atom is 0.271 e. The van der Waals surface area contributed by atoms with Crippen molar-refractivity contribution in [2.45, 2.75) is 0 Å². The second kappa shape index (κ2) is 66.8. The number of anilines is 2. The van der Waals surface area contributed by atoms with E-state index in [1.807, 2.05) is 11.0 Å². The molecule has 2 aromatic rings. The summed E-state index contributed by atoms with van der Waals surface area (Å²) in [6.07, 6.45) is 0. The highest BCUT2D eigenvalue weighted by atomic mass is 16.6. The molecular formula is C58H104N4O27. The first-order valence-electron chi connectivity index (χ1n) is 30.3. The van der Waals surface area contributed by atoms with E-state index in [1.165, 1.54) is 18.2 Å². The Kier molecular flexibility index (Phi) is 62.3. The summed E-state index contributed by atoms with van der Waals surface area (Å²) in [5.41, 5.74) is 1.34. The van der Waals surface area contributed by atoms with Crippen LogP contribution in [0.4, 0.5) is 22.7 Å².